The van der Waals surface area contributed by atoms with Crippen LogP contribution in [0.1, 0.15) is 39.5 Å². The number of aliphatic carboxylic acids is 1. The monoisotopic (exact) mass is 235 g/mol. The van der Waals surface area contributed by atoms with Gasteiger partial charge < -0.3 is 10.0 Å². The number of likely N-dealkylation sites (tertiary alicyclic amines) is 1. The fourth-order valence-corrected chi connectivity index (χ4v) is 1.84. The third-order valence-electron chi connectivity index (χ3n) is 3.07. The van der Waals surface area contributed by atoms with Crippen molar-refractivity contribution < 1.29 is 9.90 Å². The van der Waals surface area contributed by atoms with E-state index < -0.39 is 5.97 Å². The number of rotatable bonds is 4. The molecule has 1 saturated heterocycles. The molecule has 1 rings (SSSR count). The van der Waals surface area contributed by atoms with Gasteiger partial charge in [0.05, 0.1) is 0 Å². The summed E-state index contributed by atoms with van der Waals surface area (Å²) in [6.45, 7) is 7.82. The van der Waals surface area contributed by atoms with Gasteiger partial charge in [-0.3, -0.25) is 4.79 Å². The predicted octanol–water partition coefficient (Wildman–Crippen LogP) is 2.40. The lowest BCUT2D eigenvalue weighted by Gasteiger charge is -2.36. The lowest BCUT2D eigenvalue weighted by Crippen LogP contribution is -2.37. The minimum atomic E-state index is -0.678. The van der Waals surface area contributed by atoms with Crippen molar-refractivity contribution in [3.05, 3.63) is 0 Å². The molecule has 3 nitrogen and oxygen atoms in total. The number of halogens is 1. The number of nitrogens with zero attached hydrogens (tertiary/aromatic N) is 1. The van der Waals surface area contributed by atoms with Crippen molar-refractivity contribution in [2.24, 2.45) is 5.41 Å². The van der Waals surface area contributed by atoms with Gasteiger partial charge in [0, 0.05) is 6.42 Å². The van der Waals surface area contributed by atoms with Crippen LogP contribution >= 0.6 is 12.4 Å². The summed E-state index contributed by atoms with van der Waals surface area (Å²) in [5, 5.41) is 8.51. The van der Waals surface area contributed by atoms with Gasteiger partial charge in [-0.15, -0.1) is 12.4 Å². The molecule has 0 aliphatic carbocycles. The second-order valence-electron chi connectivity index (χ2n) is 5.00. The normalized spacial score (nSPS) is 20.7. The van der Waals surface area contributed by atoms with Crippen molar-refractivity contribution in [1.29, 1.82) is 0 Å². The first-order valence-corrected chi connectivity index (χ1v) is 5.44. The number of hydrogen-bond donors (Lipinski definition) is 1. The molecule has 0 amide bonds. The zero-order chi connectivity index (χ0) is 10.6. The highest BCUT2D eigenvalue weighted by Crippen LogP contribution is 2.29. The molecule has 15 heavy (non-hydrogen) atoms. The second kappa shape index (κ2) is 6.33. The molecule has 1 fully saturated rings. The van der Waals surface area contributed by atoms with Crippen molar-refractivity contribution in [3.63, 3.8) is 0 Å². The molecule has 0 atom stereocenters. The Balaban J connectivity index is 0.00000196. The Hall–Kier alpha value is -0.280. The molecule has 0 aromatic carbocycles. The van der Waals surface area contributed by atoms with Crippen LogP contribution < -0.4 is 0 Å². The van der Waals surface area contributed by atoms with Crippen molar-refractivity contribution in [3.8, 4) is 0 Å². The van der Waals surface area contributed by atoms with Gasteiger partial charge in [0.2, 0.25) is 0 Å². The van der Waals surface area contributed by atoms with E-state index in [4.69, 9.17) is 5.11 Å². The fraction of sp³-hybridized carbons (Fsp3) is 0.909. The van der Waals surface area contributed by atoms with E-state index in [1.807, 2.05) is 0 Å². The Morgan fingerprint density at radius 3 is 2.33 bits per heavy atom. The SMILES string of the molecule is CC1(C)CCN(CCCC(=O)O)CC1.Cl. The summed E-state index contributed by atoms with van der Waals surface area (Å²) in [5.41, 5.74) is 0.489. The molecule has 0 spiro atoms. The van der Waals surface area contributed by atoms with Crippen molar-refractivity contribution >= 4 is 18.4 Å². The molecule has 0 unspecified atom stereocenters. The number of carboxylic acids is 1. The minimum absolute atomic E-state index is 0. The lowest BCUT2D eigenvalue weighted by atomic mass is 9.82. The summed E-state index contributed by atoms with van der Waals surface area (Å²) >= 11 is 0. The molecular formula is C11H22ClNO2. The van der Waals surface area contributed by atoms with Crippen molar-refractivity contribution in [2.45, 2.75) is 39.5 Å². The van der Waals surface area contributed by atoms with Crippen LogP contribution in [0.25, 0.3) is 0 Å². The molecule has 0 aromatic rings. The number of carbonyl (C=O) groups is 1. The van der Waals surface area contributed by atoms with Gasteiger partial charge in [0.15, 0.2) is 0 Å². The summed E-state index contributed by atoms with van der Waals surface area (Å²) in [4.78, 5) is 12.7. The van der Waals surface area contributed by atoms with Crippen LogP contribution in [0.2, 0.25) is 0 Å². The third kappa shape index (κ3) is 6.00. The first kappa shape index (κ1) is 14.7. The summed E-state index contributed by atoms with van der Waals surface area (Å²) in [6, 6.07) is 0. The topological polar surface area (TPSA) is 40.5 Å². The van der Waals surface area contributed by atoms with E-state index in [0.29, 0.717) is 11.8 Å². The van der Waals surface area contributed by atoms with Crippen LogP contribution in [0.5, 0.6) is 0 Å². The maximum absolute atomic E-state index is 10.3. The van der Waals surface area contributed by atoms with Crippen LogP contribution in [-0.2, 0) is 4.79 Å². The van der Waals surface area contributed by atoms with Crippen LogP contribution in [0.3, 0.4) is 0 Å². The second-order valence-corrected chi connectivity index (χ2v) is 5.00. The fourth-order valence-electron chi connectivity index (χ4n) is 1.84. The van der Waals surface area contributed by atoms with E-state index in [-0.39, 0.29) is 12.4 Å². The maximum Gasteiger partial charge on any atom is 0.303 e. The predicted molar refractivity (Wildman–Crippen MR) is 63.6 cm³/mol. The Labute approximate surface area is 98.3 Å². The standard InChI is InChI=1S/C11H21NO2.ClH/c1-11(2)5-8-12(9-6-11)7-3-4-10(13)14;/h3-9H2,1-2H3,(H,13,14);1H. The molecule has 90 valence electrons. The molecular weight excluding hydrogens is 214 g/mol. The summed E-state index contributed by atoms with van der Waals surface area (Å²) in [7, 11) is 0. The Morgan fingerprint density at radius 1 is 1.33 bits per heavy atom. The smallest absolute Gasteiger partial charge is 0.303 e. The maximum atomic E-state index is 10.3. The van der Waals surface area contributed by atoms with E-state index in [1.54, 1.807) is 0 Å². The van der Waals surface area contributed by atoms with Crippen molar-refractivity contribution in [1.82, 2.24) is 4.90 Å². The first-order valence-electron chi connectivity index (χ1n) is 5.44. The van der Waals surface area contributed by atoms with Gasteiger partial charge in [-0.2, -0.15) is 0 Å². The molecule has 1 aliphatic heterocycles. The zero-order valence-electron chi connectivity index (χ0n) is 9.66. The Bertz CT molecular complexity index is 197. The highest BCUT2D eigenvalue weighted by atomic mass is 35.5. The first-order chi connectivity index (χ1) is 6.49. The van der Waals surface area contributed by atoms with Gasteiger partial charge in [-0.05, 0) is 44.3 Å². The van der Waals surface area contributed by atoms with Crippen molar-refractivity contribution in [2.75, 3.05) is 19.6 Å². The third-order valence-corrected chi connectivity index (χ3v) is 3.07. The van der Waals surface area contributed by atoms with E-state index in [0.717, 1.165) is 26.1 Å². The molecule has 1 heterocycles. The van der Waals surface area contributed by atoms with Crippen LogP contribution in [0.15, 0.2) is 0 Å². The van der Waals surface area contributed by atoms with E-state index in [2.05, 4.69) is 18.7 Å². The summed E-state index contributed by atoms with van der Waals surface area (Å²) in [5.74, 6) is -0.678. The van der Waals surface area contributed by atoms with E-state index in [1.165, 1.54) is 12.8 Å². The summed E-state index contributed by atoms with van der Waals surface area (Å²) in [6.07, 6.45) is 3.57. The average molecular weight is 236 g/mol. The van der Waals surface area contributed by atoms with Gasteiger partial charge >= 0.3 is 5.97 Å². The van der Waals surface area contributed by atoms with Crippen LogP contribution in [0, 0.1) is 5.41 Å². The summed E-state index contributed by atoms with van der Waals surface area (Å²) < 4.78 is 0. The average Bonchev–Trinajstić information content (AvgIpc) is 2.07. The molecule has 1 aliphatic rings. The number of hydrogen-bond acceptors (Lipinski definition) is 2. The molecule has 4 heteroatoms. The largest absolute Gasteiger partial charge is 0.481 e. The Morgan fingerprint density at radius 2 is 1.87 bits per heavy atom. The minimum Gasteiger partial charge on any atom is -0.481 e. The highest BCUT2D eigenvalue weighted by Gasteiger charge is 2.24. The van der Waals surface area contributed by atoms with Gasteiger partial charge in [-0.25, -0.2) is 0 Å². The van der Waals surface area contributed by atoms with Gasteiger partial charge in [-0.1, -0.05) is 13.8 Å². The van der Waals surface area contributed by atoms with Crippen LogP contribution in [0.4, 0.5) is 0 Å². The number of piperidine rings is 1. The van der Waals surface area contributed by atoms with Crippen LogP contribution in [-0.4, -0.2) is 35.6 Å². The number of carboxylic acid groups (broad SMARTS) is 1. The molecule has 0 bridgehead atoms. The lowest BCUT2D eigenvalue weighted by molar-refractivity contribution is -0.137. The molecule has 0 saturated carbocycles. The zero-order valence-corrected chi connectivity index (χ0v) is 10.5. The van der Waals surface area contributed by atoms with E-state index >= 15 is 0 Å². The van der Waals surface area contributed by atoms with Gasteiger partial charge in [0.25, 0.3) is 0 Å². The highest BCUT2D eigenvalue weighted by molar-refractivity contribution is 5.85. The quantitative estimate of drug-likeness (QED) is 0.814. The van der Waals surface area contributed by atoms with E-state index in [9.17, 15) is 4.79 Å². The Kier molecular flexibility index (Phi) is 6.22. The molecule has 1 N–H and O–H groups in total. The molecule has 0 aromatic heterocycles. The molecule has 0 radical (unpaired) electrons. The van der Waals surface area contributed by atoms with Gasteiger partial charge in [0.1, 0.15) is 0 Å².